The third kappa shape index (κ3) is 2.14. The molecular weight excluding hydrogens is 186 g/mol. The maximum atomic E-state index is 5.58. The molecule has 0 amide bonds. The number of hydrogen-bond acceptors (Lipinski definition) is 2. The summed E-state index contributed by atoms with van der Waals surface area (Å²) in [5.74, 6) is 1.53. The van der Waals surface area contributed by atoms with Crippen molar-refractivity contribution in [2.45, 2.75) is 6.42 Å². The highest BCUT2D eigenvalue weighted by atomic mass is 35.5. The van der Waals surface area contributed by atoms with Gasteiger partial charge in [-0.05, 0) is 24.6 Å². The SMILES string of the molecule is NCC1COc2ccccc2C1.[Cl-]. The molecule has 1 aliphatic rings. The standard InChI is InChI=1S/C10H13NO.ClH/c11-6-8-5-9-3-1-2-4-10(9)12-7-8;/h1-4,8H,5-7,11H2;1H/p-1. The van der Waals surface area contributed by atoms with Crippen molar-refractivity contribution in [3.8, 4) is 5.75 Å². The molecule has 0 aromatic heterocycles. The van der Waals surface area contributed by atoms with Crippen LogP contribution in [0.1, 0.15) is 5.56 Å². The van der Waals surface area contributed by atoms with Crippen LogP contribution < -0.4 is 22.9 Å². The molecule has 1 unspecified atom stereocenters. The Morgan fingerprint density at radius 3 is 2.92 bits per heavy atom. The van der Waals surface area contributed by atoms with Gasteiger partial charge in [0.2, 0.25) is 0 Å². The molecule has 2 N–H and O–H groups in total. The molecule has 3 heteroatoms. The van der Waals surface area contributed by atoms with Crippen LogP contribution in [0.3, 0.4) is 0 Å². The Hall–Kier alpha value is -0.730. The number of hydrogen-bond donors (Lipinski definition) is 1. The summed E-state index contributed by atoms with van der Waals surface area (Å²) in [4.78, 5) is 0. The maximum Gasteiger partial charge on any atom is 0.122 e. The zero-order chi connectivity index (χ0) is 8.39. The Bertz CT molecular complexity index is 277. The molecule has 1 heterocycles. The van der Waals surface area contributed by atoms with Gasteiger partial charge in [0, 0.05) is 5.92 Å². The summed E-state index contributed by atoms with van der Waals surface area (Å²) in [5.41, 5.74) is 6.87. The van der Waals surface area contributed by atoms with Gasteiger partial charge in [0.25, 0.3) is 0 Å². The van der Waals surface area contributed by atoms with Gasteiger partial charge in [-0.1, -0.05) is 18.2 Å². The van der Waals surface area contributed by atoms with E-state index in [0.29, 0.717) is 12.5 Å². The molecule has 72 valence electrons. The number of para-hydroxylation sites is 1. The maximum absolute atomic E-state index is 5.58. The van der Waals surface area contributed by atoms with Gasteiger partial charge in [-0.2, -0.15) is 0 Å². The zero-order valence-electron chi connectivity index (χ0n) is 7.37. The van der Waals surface area contributed by atoms with E-state index >= 15 is 0 Å². The second kappa shape index (κ2) is 4.49. The molecule has 0 saturated carbocycles. The topological polar surface area (TPSA) is 35.2 Å². The summed E-state index contributed by atoms with van der Waals surface area (Å²) in [6, 6.07) is 8.17. The van der Waals surface area contributed by atoms with E-state index in [1.54, 1.807) is 0 Å². The lowest BCUT2D eigenvalue weighted by atomic mass is 9.97. The molecule has 0 radical (unpaired) electrons. The predicted octanol–water partition coefficient (Wildman–Crippen LogP) is -1.80. The molecule has 1 atom stereocenters. The summed E-state index contributed by atoms with van der Waals surface area (Å²) in [6.07, 6.45) is 1.06. The van der Waals surface area contributed by atoms with Crippen LogP contribution in [-0.2, 0) is 6.42 Å². The van der Waals surface area contributed by atoms with Gasteiger partial charge in [-0.25, -0.2) is 0 Å². The van der Waals surface area contributed by atoms with Crippen LogP contribution in [0.25, 0.3) is 0 Å². The van der Waals surface area contributed by atoms with E-state index in [1.165, 1.54) is 5.56 Å². The van der Waals surface area contributed by atoms with Crippen LogP contribution in [0.2, 0.25) is 0 Å². The van der Waals surface area contributed by atoms with Crippen molar-refractivity contribution < 1.29 is 17.1 Å². The highest BCUT2D eigenvalue weighted by molar-refractivity contribution is 5.35. The monoisotopic (exact) mass is 198 g/mol. The number of ether oxygens (including phenoxy) is 1. The fraction of sp³-hybridized carbons (Fsp3) is 0.400. The molecule has 2 nitrogen and oxygen atoms in total. The van der Waals surface area contributed by atoms with Gasteiger partial charge in [0.15, 0.2) is 0 Å². The van der Waals surface area contributed by atoms with Crippen LogP contribution in [-0.4, -0.2) is 13.2 Å². The summed E-state index contributed by atoms with van der Waals surface area (Å²) in [7, 11) is 0. The molecular formula is C10H13ClNO-. The highest BCUT2D eigenvalue weighted by Crippen LogP contribution is 2.25. The van der Waals surface area contributed by atoms with Crippen molar-refractivity contribution >= 4 is 0 Å². The molecule has 0 fully saturated rings. The normalized spacial score (nSPS) is 19.6. The van der Waals surface area contributed by atoms with E-state index < -0.39 is 0 Å². The minimum atomic E-state index is 0. The van der Waals surface area contributed by atoms with Crippen LogP contribution >= 0.6 is 0 Å². The average molecular weight is 199 g/mol. The lowest BCUT2D eigenvalue weighted by Gasteiger charge is -2.23. The van der Waals surface area contributed by atoms with Gasteiger partial charge in [0.05, 0.1) is 6.61 Å². The van der Waals surface area contributed by atoms with Crippen LogP contribution in [0.5, 0.6) is 5.75 Å². The van der Waals surface area contributed by atoms with Crippen molar-refractivity contribution in [1.29, 1.82) is 0 Å². The first-order valence-electron chi connectivity index (χ1n) is 4.31. The molecule has 0 spiro atoms. The van der Waals surface area contributed by atoms with Gasteiger partial charge in [-0.15, -0.1) is 0 Å². The second-order valence-corrected chi connectivity index (χ2v) is 3.22. The first-order valence-corrected chi connectivity index (χ1v) is 4.31. The van der Waals surface area contributed by atoms with Gasteiger partial charge >= 0.3 is 0 Å². The lowest BCUT2D eigenvalue weighted by molar-refractivity contribution is -0.00000292. The predicted molar refractivity (Wildman–Crippen MR) is 48.2 cm³/mol. The van der Waals surface area contributed by atoms with Crippen LogP contribution in [0.4, 0.5) is 0 Å². The Morgan fingerprint density at radius 2 is 2.15 bits per heavy atom. The first kappa shape index (κ1) is 10.4. The fourth-order valence-electron chi connectivity index (χ4n) is 1.54. The Morgan fingerprint density at radius 1 is 1.38 bits per heavy atom. The smallest absolute Gasteiger partial charge is 0.122 e. The number of fused-ring (bicyclic) bond motifs is 1. The van der Waals surface area contributed by atoms with Crippen molar-refractivity contribution in [3.05, 3.63) is 29.8 Å². The third-order valence-electron chi connectivity index (χ3n) is 2.29. The third-order valence-corrected chi connectivity index (χ3v) is 2.29. The second-order valence-electron chi connectivity index (χ2n) is 3.22. The molecule has 2 rings (SSSR count). The number of benzene rings is 1. The minimum absolute atomic E-state index is 0. The number of nitrogens with two attached hydrogens (primary N) is 1. The van der Waals surface area contributed by atoms with E-state index in [-0.39, 0.29) is 12.4 Å². The van der Waals surface area contributed by atoms with E-state index in [0.717, 1.165) is 18.8 Å². The molecule has 1 aromatic rings. The number of halogens is 1. The molecule has 0 saturated heterocycles. The summed E-state index contributed by atoms with van der Waals surface area (Å²) < 4.78 is 5.55. The van der Waals surface area contributed by atoms with Crippen LogP contribution in [0.15, 0.2) is 24.3 Å². The summed E-state index contributed by atoms with van der Waals surface area (Å²) >= 11 is 0. The van der Waals surface area contributed by atoms with Crippen molar-refractivity contribution in [2.24, 2.45) is 11.7 Å². The number of rotatable bonds is 1. The van der Waals surface area contributed by atoms with E-state index in [4.69, 9.17) is 10.5 Å². The van der Waals surface area contributed by atoms with Crippen molar-refractivity contribution in [2.75, 3.05) is 13.2 Å². The van der Waals surface area contributed by atoms with Gasteiger partial charge in [-0.3, -0.25) is 0 Å². The minimum Gasteiger partial charge on any atom is -1.00 e. The van der Waals surface area contributed by atoms with E-state index in [2.05, 4.69) is 6.07 Å². The molecule has 1 aliphatic heterocycles. The van der Waals surface area contributed by atoms with E-state index in [9.17, 15) is 0 Å². The molecule has 0 aliphatic carbocycles. The lowest BCUT2D eigenvalue weighted by Crippen LogP contribution is -3.00. The van der Waals surface area contributed by atoms with Gasteiger partial charge in [0.1, 0.15) is 5.75 Å². The Kier molecular flexibility index (Phi) is 3.58. The fourth-order valence-corrected chi connectivity index (χ4v) is 1.54. The zero-order valence-corrected chi connectivity index (χ0v) is 8.13. The average Bonchev–Trinajstić information content (AvgIpc) is 2.17. The summed E-state index contributed by atoms with van der Waals surface area (Å²) in [6.45, 7) is 1.49. The van der Waals surface area contributed by atoms with Crippen LogP contribution in [0, 0.1) is 5.92 Å². The Balaban J connectivity index is 0.000000845. The molecule has 0 bridgehead atoms. The molecule has 1 aromatic carbocycles. The first-order chi connectivity index (χ1) is 5.90. The molecule has 13 heavy (non-hydrogen) atoms. The quantitative estimate of drug-likeness (QED) is 0.578. The van der Waals surface area contributed by atoms with Crippen molar-refractivity contribution in [3.63, 3.8) is 0 Å². The van der Waals surface area contributed by atoms with Crippen molar-refractivity contribution in [1.82, 2.24) is 0 Å². The van der Waals surface area contributed by atoms with E-state index in [1.807, 2.05) is 18.2 Å². The van der Waals surface area contributed by atoms with Gasteiger partial charge < -0.3 is 22.9 Å². The highest BCUT2D eigenvalue weighted by Gasteiger charge is 2.17. The Labute approximate surface area is 84.5 Å². The summed E-state index contributed by atoms with van der Waals surface area (Å²) in [5, 5.41) is 0. The largest absolute Gasteiger partial charge is 1.00 e.